The molecule has 8 heteroatoms. The lowest BCUT2D eigenvalue weighted by Crippen LogP contribution is -2.55. The first-order chi connectivity index (χ1) is 14.6. The minimum Gasteiger partial charge on any atom is -0.308 e. The summed E-state index contributed by atoms with van der Waals surface area (Å²) in [5, 5.41) is 16.6. The van der Waals surface area contributed by atoms with E-state index in [0.717, 1.165) is 38.4 Å². The van der Waals surface area contributed by atoms with Crippen LogP contribution in [0.2, 0.25) is 0 Å². The van der Waals surface area contributed by atoms with E-state index in [4.69, 9.17) is 0 Å². The van der Waals surface area contributed by atoms with Crippen LogP contribution in [0.1, 0.15) is 18.4 Å². The highest BCUT2D eigenvalue weighted by molar-refractivity contribution is 5.93. The van der Waals surface area contributed by atoms with Gasteiger partial charge in [-0.15, -0.1) is 0 Å². The molecule has 3 heterocycles. The highest BCUT2D eigenvalue weighted by Gasteiger charge is 2.27. The van der Waals surface area contributed by atoms with Crippen molar-refractivity contribution in [2.24, 2.45) is 0 Å². The van der Waals surface area contributed by atoms with E-state index in [1.165, 1.54) is 25.6 Å². The molecular weight excluding hydrogens is 378 g/mol. The molecule has 2 fully saturated rings. The van der Waals surface area contributed by atoms with Crippen LogP contribution in [0.4, 0.5) is 5.82 Å². The number of likely N-dealkylation sites (tertiary alicyclic amines) is 1. The van der Waals surface area contributed by atoms with Crippen LogP contribution in [0.3, 0.4) is 0 Å². The molecule has 1 unspecified atom stereocenters. The van der Waals surface area contributed by atoms with Gasteiger partial charge >= 0.3 is 0 Å². The number of nitrogens with one attached hydrogen (secondary N) is 1. The van der Waals surface area contributed by atoms with Crippen molar-refractivity contribution >= 4 is 11.7 Å². The van der Waals surface area contributed by atoms with Crippen LogP contribution in [-0.4, -0.2) is 89.3 Å². The molecule has 2 aromatic rings. The highest BCUT2D eigenvalue weighted by atomic mass is 16.2. The maximum Gasteiger partial charge on any atom is 0.239 e. The van der Waals surface area contributed by atoms with Gasteiger partial charge in [0, 0.05) is 38.8 Å². The van der Waals surface area contributed by atoms with Gasteiger partial charge in [-0.2, -0.15) is 10.4 Å². The minimum atomic E-state index is -0.116. The molecule has 1 N–H and O–H groups in total. The van der Waals surface area contributed by atoms with E-state index in [2.05, 4.69) is 38.2 Å². The van der Waals surface area contributed by atoms with Gasteiger partial charge in [-0.3, -0.25) is 14.6 Å². The van der Waals surface area contributed by atoms with Crippen LogP contribution >= 0.6 is 0 Å². The number of aromatic nitrogens is 2. The summed E-state index contributed by atoms with van der Waals surface area (Å²) in [4.78, 5) is 19.9. The van der Waals surface area contributed by atoms with Crippen molar-refractivity contribution in [3.8, 4) is 11.8 Å². The molecule has 4 rings (SSSR count). The Balaban J connectivity index is 1.34. The van der Waals surface area contributed by atoms with Crippen LogP contribution < -0.4 is 5.32 Å². The van der Waals surface area contributed by atoms with Crippen molar-refractivity contribution < 1.29 is 4.79 Å². The number of nitriles is 1. The summed E-state index contributed by atoms with van der Waals surface area (Å²) >= 11 is 0. The van der Waals surface area contributed by atoms with Crippen LogP contribution in [0.5, 0.6) is 0 Å². The predicted octanol–water partition coefficient (Wildman–Crippen LogP) is 1.39. The number of para-hydroxylation sites is 1. The zero-order valence-corrected chi connectivity index (χ0v) is 17.5. The molecule has 0 radical (unpaired) electrons. The minimum absolute atomic E-state index is 0.116. The second-order valence-electron chi connectivity index (χ2n) is 8.18. The zero-order valence-electron chi connectivity index (χ0n) is 17.5. The van der Waals surface area contributed by atoms with Crippen molar-refractivity contribution in [3.05, 3.63) is 42.1 Å². The fourth-order valence-corrected chi connectivity index (χ4v) is 4.41. The second-order valence-corrected chi connectivity index (χ2v) is 8.18. The van der Waals surface area contributed by atoms with E-state index in [-0.39, 0.29) is 5.91 Å². The van der Waals surface area contributed by atoms with Gasteiger partial charge in [0.25, 0.3) is 0 Å². The number of hydrogen-bond donors (Lipinski definition) is 1. The number of piperidine rings is 1. The molecule has 2 saturated heterocycles. The first-order valence-corrected chi connectivity index (χ1v) is 10.6. The van der Waals surface area contributed by atoms with Gasteiger partial charge in [-0.1, -0.05) is 18.2 Å². The van der Waals surface area contributed by atoms with Crippen LogP contribution in [0, 0.1) is 11.3 Å². The SMILES string of the molecule is CN1CCCC(N2CCN(CC(=O)Nc3c(C#N)cnn3-c3ccccc3)CC2)C1. The monoisotopic (exact) mass is 407 g/mol. The Bertz CT molecular complexity index is 896. The van der Waals surface area contributed by atoms with Gasteiger partial charge in [0.1, 0.15) is 11.6 Å². The third-order valence-electron chi connectivity index (χ3n) is 6.04. The maximum atomic E-state index is 12.7. The first kappa shape index (κ1) is 20.5. The normalized spacial score (nSPS) is 21.3. The first-order valence-electron chi connectivity index (χ1n) is 10.6. The number of carbonyl (C=O) groups excluding carboxylic acids is 1. The van der Waals surface area contributed by atoms with E-state index in [0.29, 0.717) is 24.0 Å². The molecule has 0 saturated carbocycles. The number of likely N-dealkylation sites (N-methyl/N-ethyl adjacent to an activating group) is 1. The summed E-state index contributed by atoms with van der Waals surface area (Å²) in [6.07, 6.45) is 4.02. The summed E-state index contributed by atoms with van der Waals surface area (Å²) in [5.41, 5.74) is 1.17. The van der Waals surface area contributed by atoms with Crippen molar-refractivity contribution in [2.75, 3.05) is 58.2 Å². The number of benzene rings is 1. The lowest BCUT2D eigenvalue weighted by molar-refractivity contribution is -0.117. The van der Waals surface area contributed by atoms with E-state index in [1.807, 2.05) is 30.3 Å². The highest BCUT2D eigenvalue weighted by Crippen LogP contribution is 2.20. The zero-order chi connectivity index (χ0) is 20.9. The summed E-state index contributed by atoms with van der Waals surface area (Å²) < 4.78 is 1.61. The number of amides is 1. The predicted molar refractivity (Wildman–Crippen MR) is 115 cm³/mol. The quantitative estimate of drug-likeness (QED) is 0.807. The fraction of sp³-hybridized carbons (Fsp3) is 0.500. The summed E-state index contributed by atoms with van der Waals surface area (Å²) in [6.45, 7) is 6.42. The molecule has 1 aromatic carbocycles. The standard InChI is InChI=1S/C22H29N7O/c1-26-9-5-8-20(16-26)28-12-10-27(11-13-28)17-21(30)25-22-18(14-23)15-24-29(22)19-6-3-2-4-7-19/h2-4,6-7,15,20H,5,8-13,16-17H2,1H3,(H,25,30). The third kappa shape index (κ3) is 4.70. The van der Waals surface area contributed by atoms with Crippen molar-refractivity contribution in [1.29, 1.82) is 5.26 Å². The smallest absolute Gasteiger partial charge is 0.239 e. The Labute approximate surface area is 177 Å². The molecule has 0 aliphatic carbocycles. The van der Waals surface area contributed by atoms with Gasteiger partial charge < -0.3 is 10.2 Å². The number of anilines is 1. The number of piperazine rings is 1. The van der Waals surface area contributed by atoms with Crippen molar-refractivity contribution in [1.82, 2.24) is 24.5 Å². The topological polar surface area (TPSA) is 80.4 Å². The molecule has 30 heavy (non-hydrogen) atoms. The van der Waals surface area contributed by atoms with Gasteiger partial charge in [0.15, 0.2) is 5.82 Å². The lowest BCUT2D eigenvalue weighted by atomic mass is 10.0. The van der Waals surface area contributed by atoms with Crippen LogP contribution in [0.15, 0.2) is 36.5 Å². The average Bonchev–Trinajstić information content (AvgIpc) is 3.17. The molecule has 158 valence electrons. The molecule has 1 aromatic heterocycles. The summed E-state index contributed by atoms with van der Waals surface area (Å²) in [7, 11) is 2.20. The van der Waals surface area contributed by atoms with Gasteiger partial charge in [0.05, 0.1) is 18.4 Å². The molecule has 2 aliphatic heterocycles. The van der Waals surface area contributed by atoms with Gasteiger partial charge in [-0.05, 0) is 38.6 Å². The number of carbonyl (C=O) groups is 1. The summed E-state index contributed by atoms with van der Waals surface area (Å²) in [5.74, 6) is 0.313. The molecule has 0 spiro atoms. The Morgan fingerprint density at radius 1 is 1.20 bits per heavy atom. The third-order valence-corrected chi connectivity index (χ3v) is 6.04. The number of rotatable bonds is 5. The Hall–Kier alpha value is -2.73. The van der Waals surface area contributed by atoms with Crippen LogP contribution in [0.25, 0.3) is 5.69 Å². The van der Waals surface area contributed by atoms with Crippen LogP contribution in [-0.2, 0) is 4.79 Å². The fourth-order valence-electron chi connectivity index (χ4n) is 4.41. The Morgan fingerprint density at radius 3 is 2.67 bits per heavy atom. The molecule has 8 nitrogen and oxygen atoms in total. The van der Waals surface area contributed by atoms with E-state index >= 15 is 0 Å². The Morgan fingerprint density at radius 2 is 1.97 bits per heavy atom. The van der Waals surface area contributed by atoms with E-state index < -0.39 is 0 Å². The largest absolute Gasteiger partial charge is 0.308 e. The lowest BCUT2D eigenvalue weighted by Gasteiger charge is -2.42. The van der Waals surface area contributed by atoms with E-state index in [9.17, 15) is 10.1 Å². The number of nitrogens with zero attached hydrogens (tertiary/aromatic N) is 6. The maximum absolute atomic E-state index is 12.7. The van der Waals surface area contributed by atoms with E-state index in [1.54, 1.807) is 4.68 Å². The molecule has 2 aliphatic rings. The number of hydrogen-bond acceptors (Lipinski definition) is 6. The summed E-state index contributed by atoms with van der Waals surface area (Å²) in [6, 6.07) is 12.3. The Kier molecular flexibility index (Phi) is 6.43. The van der Waals surface area contributed by atoms with Crippen molar-refractivity contribution in [2.45, 2.75) is 18.9 Å². The molecule has 1 atom stereocenters. The molecule has 1 amide bonds. The van der Waals surface area contributed by atoms with Gasteiger partial charge in [0.2, 0.25) is 5.91 Å². The average molecular weight is 408 g/mol. The molecule has 0 bridgehead atoms. The molecular formula is C22H29N7O. The van der Waals surface area contributed by atoms with Gasteiger partial charge in [-0.25, -0.2) is 4.68 Å². The van der Waals surface area contributed by atoms with Crippen molar-refractivity contribution in [3.63, 3.8) is 0 Å². The second kappa shape index (κ2) is 9.39.